The van der Waals surface area contributed by atoms with Gasteiger partial charge in [-0.05, 0) is 30.3 Å². The van der Waals surface area contributed by atoms with Crippen LogP contribution in [0.4, 0.5) is 0 Å². The van der Waals surface area contributed by atoms with E-state index >= 15 is 0 Å². The fourth-order valence-electron chi connectivity index (χ4n) is 2.19. The Bertz CT molecular complexity index is 339. The summed E-state index contributed by atoms with van der Waals surface area (Å²) in [6.07, 6.45) is 0.943. The van der Waals surface area contributed by atoms with Gasteiger partial charge in [0.05, 0.1) is 0 Å². The summed E-state index contributed by atoms with van der Waals surface area (Å²) in [5.74, 6) is 2.15. The summed E-state index contributed by atoms with van der Waals surface area (Å²) >= 11 is 1.87. The van der Waals surface area contributed by atoms with Crippen molar-refractivity contribution < 1.29 is 9.59 Å². The topological polar surface area (TPSA) is 49.4 Å². The molecule has 0 radical (unpaired) electrons. The van der Waals surface area contributed by atoms with Gasteiger partial charge >= 0.3 is 0 Å². The van der Waals surface area contributed by atoms with Crippen molar-refractivity contribution in [2.45, 2.75) is 53.1 Å². The van der Waals surface area contributed by atoms with E-state index in [1.54, 1.807) is 11.8 Å². The number of nitrogens with one attached hydrogen (secondary N) is 1. The fraction of sp³-hybridized carbons (Fsp3) is 0.857. The number of thioether (sulfide) groups is 1. The van der Waals surface area contributed by atoms with Crippen molar-refractivity contribution in [2.24, 2.45) is 5.41 Å². The second-order valence-electron chi connectivity index (χ2n) is 6.07. The molecule has 19 heavy (non-hydrogen) atoms. The summed E-state index contributed by atoms with van der Waals surface area (Å²) in [5, 5.41) is 2.85. The maximum atomic E-state index is 12.5. The zero-order valence-electron chi connectivity index (χ0n) is 12.7. The molecular formula is C14H26N2O2S. The van der Waals surface area contributed by atoms with Crippen molar-refractivity contribution in [3.63, 3.8) is 0 Å². The van der Waals surface area contributed by atoms with Gasteiger partial charge < -0.3 is 10.2 Å². The first-order valence-corrected chi connectivity index (χ1v) is 8.13. The van der Waals surface area contributed by atoms with Crippen LogP contribution >= 0.6 is 11.8 Å². The van der Waals surface area contributed by atoms with E-state index in [-0.39, 0.29) is 23.3 Å². The number of piperazine rings is 1. The highest BCUT2D eigenvalue weighted by Crippen LogP contribution is 2.25. The third-order valence-corrected chi connectivity index (χ3v) is 4.41. The van der Waals surface area contributed by atoms with Crippen molar-refractivity contribution in [1.82, 2.24) is 10.2 Å². The molecule has 110 valence electrons. The minimum atomic E-state index is -0.407. The first kappa shape index (κ1) is 16.3. The van der Waals surface area contributed by atoms with E-state index in [0.29, 0.717) is 6.54 Å². The highest BCUT2D eigenvalue weighted by molar-refractivity contribution is 7.99. The van der Waals surface area contributed by atoms with Crippen LogP contribution in [0.2, 0.25) is 0 Å². The number of carbonyl (C=O) groups is 2. The van der Waals surface area contributed by atoms with Crippen LogP contribution < -0.4 is 5.32 Å². The van der Waals surface area contributed by atoms with Crippen molar-refractivity contribution >= 4 is 23.6 Å². The molecule has 1 N–H and O–H groups in total. The van der Waals surface area contributed by atoms with E-state index in [0.717, 1.165) is 17.9 Å². The lowest BCUT2D eigenvalue weighted by Gasteiger charge is -2.42. The van der Waals surface area contributed by atoms with Crippen LogP contribution in [0.25, 0.3) is 0 Å². The molecule has 1 aliphatic heterocycles. The zero-order chi connectivity index (χ0) is 14.6. The first-order chi connectivity index (χ1) is 8.79. The lowest BCUT2D eigenvalue weighted by Crippen LogP contribution is -2.65. The van der Waals surface area contributed by atoms with Gasteiger partial charge in [0, 0.05) is 6.54 Å². The molecular weight excluding hydrogens is 260 g/mol. The van der Waals surface area contributed by atoms with E-state index in [9.17, 15) is 9.59 Å². The lowest BCUT2D eigenvalue weighted by atomic mass is 9.84. The molecule has 2 atom stereocenters. The normalized spacial score (nSPS) is 24.6. The van der Waals surface area contributed by atoms with Crippen LogP contribution in [0.1, 0.15) is 41.0 Å². The molecule has 1 saturated heterocycles. The van der Waals surface area contributed by atoms with E-state index in [1.165, 1.54) is 0 Å². The Morgan fingerprint density at radius 1 is 1.32 bits per heavy atom. The molecule has 0 aromatic carbocycles. The van der Waals surface area contributed by atoms with Gasteiger partial charge in [0.25, 0.3) is 0 Å². The third kappa shape index (κ3) is 4.13. The molecule has 1 aliphatic rings. The molecule has 2 unspecified atom stereocenters. The van der Waals surface area contributed by atoms with E-state index in [1.807, 2.05) is 32.5 Å². The minimum Gasteiger partial charge on any atom is -0.342 e. The second-order valence-corrected chi connectivity index (χ2v) is 7.46. The Kier molecular flexibility index (Phi) is 5.71. The fourth-order valence-corrected chi connectivity index (χ4v) is 2.82. The molecule has 1 heterocycles. The molecule has 0 saturated carbocycles. The molecule has 0 aliphatic carbocycles. The van der Waals surface area contributed by atoms with E-state index in [4.69, 9.17) is 0 Å². The van der Waals surface area contributed by atoms with Crippen molar-refractivity contribution in [1.29, 1.82) is 0 Å². The Morgan fingerprint density at radius 3 is 2.47 bits per heavy atom. The Morgan fingerprint density at radius 2 is 1.95 bits per heavy atom. The molecule has 2 amide bonds. The molecule has 0 aromatic rings. The van der Waals surface area contributed by atoms with E-state index in [2.05, 4.69) is 12.2 Å². The molecule has 4 nitrogen and oxygen atoms in total. The molecule has 1 fully saturated rings. The number of amides is 2. The quantitative estimate of drug-likeness (QED) is 0.785. The first-order valence-electron chi connectivity index (χ1n) is 6.97. The Labute approximate surface area is 120 Å². The van der Waals surface area contributed by atoms with Crippen molar-refractivity contribution in [2.75, 3.05) is 18.1 Å². The molecule has 0 aromatic heterocycles. The summed E-state index contributed by atoms with van der Waals surface area (Å²) in [4.78, 5) is 26.2. The van der Waals surface area contributed by atoms with Gasteiger partial charge in [0.15, 0.2) is 0 Å². The minimum absolute atomic E-state index is 0.0392. The predicted octanol–water partition coefficient (Wildman–Crippen LogP) is 1.89. The van der Waals surface area contributed by atoms with Gasteiger partial charge in [-0.1, -0.05) is 27.7 Å². The van der Waals surface area contributed by atoms with Gasteiger partial charge in [-0.25, -0.2) is 0 Å². The van der Waals surface area contributed by atoms with Crippen molar-refractivity contribution in [3.8, 4) is 0 Å². The molecule has 0 spiro atoms. The zero-order valence-corrected chi connectivity index (χ0v) is 13.5. The summed E-state index contributed by atoms with van der Waals surface area (Å²) in [6.45, 7) is 10.6. The SMILES string of the molecule is CCSCCCN1C(=O)C(C(C)(C)C)NC(=O)C1C. The predicted molar refractivity (Wildman–Crippen MR) is 80.2 cm³/mol. The van der Waals surface area contributed by atoms with Crippen LogP contribution in [0.3, 0.4) is 0 Å². The third-order valence-electron chi connectivity index (χ3n) is 3.42. The largest absolute Gasteiger partial charge is 0.342 e. The average molecular weight is 286 g/mol. The molecule has 5 heteroatoms. The molecule has 0 bridgehead atoms. The highest BCUT2D eigenvalue weighted by atomic mass is 32.2. The number of hydrogen-bond acceptors (Lipinski definition) is 3. The number of nitrogens with zero attached hydrogens (tertiary/aromatic N) is 1. The highest BCUT2D eigenvalue weighted by Gasteiger charge is 2.43. The van der Waals surface area contributed by atoms with Crippen LogP contribution in [-0.2, 0) is 9.59 Å². The second kappa shape index (κ2) is 6.64. The number of rotatable bonds is 5. The number of hydrogen-bond donors (Lipinski definition) is 1. The summed E-state index contributed by atoms with van der Waals surface area (Å²) in [5.41, 5.74) is -0.247. The van der Waals surface area contributed by atoms with Crippen LogP contribution in [0.5, 0.6) is 0 Å². The standard InChI is InChI=1S/C14H26N2O2S/c1-6-19-9-7-8-16-10(2)12(17)15-11(13(16)18)14(3,4)5/h10-11H,6-9H2,1-5H3,(H,15,17). The monoisotopic (exact) mass is 286 g/mol. The van der Waals surface area contributed by atoms with Gasteiger partial charge in [-0.2, -0.15) is 11.8 Å². The smallest absolute Gasteiger partial charge is 0.246 e. The van der Waals surface area contributed by atoms with Gasteiger partial charge in [-0.3, -0.25) is 9.59 Å². The van der Waals surface area contributed by atoms with Gasteiger partial charge in [0.2, 0.25) is 11.8 Å². The maximum Gasteiger partial charge on any atom is 0.246 e. The lowest BCUT2D eigenvalue weighted by molar-refractivity contribution is -0.151. The summed E-state index contributed by atoms with van der Waals surface area (Å²) < 4.78 is 0. The maximum absolute atomic E-state index is 12.5. The van der Waals surface area contributed by atoms with Crippen LogP contribution in [0.15, 0.2) is 0 Å². The average Bonchev–Trinajstić information content (AvgIpc) is 2.31. The number of carbonyl (C=O) groups excluding carboxylic acids is 2. The summed E-state index contributed by atoms with van der Waals surface area (Å²) in [7, 11) is 0. The van der Waals surface area contributed by atoms with Gasteiger partial charge in [-0.15, -0.1) is 0 Å². The van der Waals surface area contributed by atoms with Gasteiger partial charge in [0.1, 0.15) is 12.1 Å². The van der Waals surface area contributed by atoms with E-state index < -0.39 is 6.04 Å². The van der Waals surface area contributed by atoms with Crippen LogP contribution in [-0.4, -0.2) is 46.8 Å². The molecule has 1 rings (SSSR count). The Hall–Kier alpha value is -0.710. The van der Waals surface area contributed by atoms with Crippen LogP contribution in [0, 0.1) is 5.41 Å². The van der Waals surface area contributed by atoms with Crippen molar-refractivity contribution in [3.05, 3.63) is 0 Å². The Balaban J connectivity index is 2.70. The summed E-state index contributed by atoms with van der Waals surface area (Å²) in [6, 6.07) is -0.757.